The average molecular weight is 417 g/mol. The zero-order chi connectivity index (χ0) is 19.3. The Bertz CT molecular complexity index is 749. The third-order valence-corrected chi connectivity index (χ3v) is 8.57. The predicted molar refractivity (Wildman–Crippen MR) is 118 cm³/mol. The van der Waals surface area contributed by atoms with Gasteiger partial charge in [0.1, 0.15) is 5.76 Å². The second-order valence-electron chi connectivity index (χ2n) is 7.60. The van der Waals surface area contributed by atoms with Crippen LogP contribution in [0.3, 0.4) is 0 Å². The Morgan fingerprint density at radius 2 is 1.86 bits per heavy atom. The number of carbonyl (C=O) groups excluding carboxylic acids is 1. The van der Waals surface area contributed by atoms with Crippen molar-refractivity contribution in [3.63, 3.8) is 0 Å². The molecular formula is C22H28N2O2S2. The molecule has 2 aromatic rings. The maximum absolute atomic E-state index is 13.4. The topological polar surface area (TPSA) is 36.7 Å². The van der Waals surface area contributed by atoms with Gasteiger partial charge in [-0.1, -0.05) is 12.1 Å². The molecule has 0 bridgehead atoms. The van der Waals surface area contributed by atoms with Crippen molar-refractivity contribution in [2.75, 3.05) is 31.6 Å². The third-order valence-electron chi connectivity index (χ3n) is 5.55. The van der Waals surface area contributed by atoms with Crippen molar-refractivity contribution >= 4 is 29.4 Å². The molecule has 0 unspecified atom stereocenters. The summed E-state index contributed by atoms with van der Waals surface area (Å²) in [6.45, 7) is 2.60. The van der Waals surface area contributed by atoms with E-state index in [0.29, 0.717) is 11.1 Å². The summed E-state index contributed by atoms with van der Waals surface area (Å²) in [6.07, 6.45) is 4.99. The van der Waals surface area contributed by atoms with E-state index in [1.165, 1.54) is 23.5 Å². The Morgan fingerprint density at radius 1 is 1.14 bits per heavy atom. The fourth-order valence-corrected chi connectivity index (χ4v) is 6.77. The van der Waals surface area contributed by atoms with Crippen molar-refractivity contribution in [1.82, 2.24) is 9.80 Å². The fraction of sp³-hybridized carbons (Fsp3) is 0.500. The Kier molecular flexibility index (Phi) is 6.70. The molecule has 2 aliphatic heterocycles. The monoisotopic (exact) mass is 416 g/mol. The van der Waals surface area contributed by atoms with Crippen molar-refractivity contribution < 1.29 is 9.21 Å². The molecule has 0 spiro atoms. The van der Waals surface area contributed by atoms with Gasteiger partial charge in [0, 0.05) is 11.6 Å². The van der Waals surface area contributed by atoms with Crippen LogP contribution in [0, 0.1) is 0 Å². The summed E-state index contributed by atoms with van der Waals surface area (Å²) in [5, 5.41) is 0. The van der Waals surface area contributed by atoms with E-state index < -0.39 is 0 Å². The van der Waals surface area contributed by atoms with Crippen molar-refractivity contribution in [3.8, 4) is 0 Å². The number of hydrogen-bond donors (Lipinski definition) is 0. The first-order valence-corrected chi connectivity index (χ1v) is 12.2. The van der Waals surface area contributed by atoms with Crippen LogP contribution in [0.1, 0.15) is 45.5 Å². The maximum atomic E-state index is 13.4. The van der Waals surface area contributed by atoms with E-state index in [1.54, 1.807) is 6.26 Å². The van der Waals surface area contributed by atoms with Crippen LogP contribution in [0.5, 0.6) is 0 Å². The third kappa shape index (κ3) is 4.78. The van der Waals surface area contributed by atoms with Crippen molar-refractivity contribution in [3.05, 3.63) is 59.5 Å². The molecule has 0 aliphatic carbocycles. The van der Waals surface area contributed by atoms with Crippen LogP contribution < -0.4 is 0 Å². The van der Waals surface area contributed by atoms with Gasteiger partial charge >= 0.3 is 0 Å². The quantitative estimate of drug-likeness (QED) is 0.694. The highest BCUT2D eigenvalue weighted by Crippen LogP contribution is 2.43. The summed E-state index contributed by atoms with van der Waals surface area (Å²) in [5.74, 6) is 3.41. The second kappa shape index (κ2) is 9.42. The van der Waals surface area contributed by atoms with Crippen LogP contribution in [0.2, 0.25) is 0 Å². The van der Waals surface area contributed by atoms with Crippen LogP contribution in [-0.2, 0) is 6.54 Å². The molecular weight excluding hydrogens is 388 g/mol. The van der Waals surface area contributed by atoms with Crippen LogP contribution in [-0.4, -0.2) is 53.4 Å². The molecule has 3 heterocycles. The van der Waals surface area contributed by atoms with Gasteiger partial charge in [-0.25, -0.2) is 0 Å². The van der Waals surface area contributed by atoms with E-state index >= 15 is 0 Å². The first-order chi connectivity index (χ1) is 13.7. The number of carbonyl (C=O) groups is 1. The van der Waals surface area contributed by atoms with Gasteiger partial charge in [-0.3, -0.25) is 4.79 Å². The number of nitrogens with zero attached hydrogens (tertiary/aromatic N) is 2. The molecule has 4 rings (SSSR count). The zero-order valence-electron chi connectivity index (χ0n) is 16.4. The molecule has 6 heteroatoms. The van der Waals surface area contributed by atoms with Gasteiger partial charge in [0.05, 0.1) is 17.4 Å². The fourth-order valence-electron chi connectivity index (χ4n) is 3.87. The lowest BCUT2D eigenvalue weighted by Gasteiger charge is -2.37. The number of piperidine rings is 1. The van der Waals surface area contributed by atoms with Crippen molar-refractivity contribution in [2.24, 2.45) is 0 Å². The Balaban J connectivity index is 1.50. The van der Waals surface area contributed by atoms with Crippen LogP contribution >= 0.6 is 23.5 Å². The standard InChI is InChI=1S/C22H28N2O2S2/c1-23-11-9-19(10-12-23)24(16-20-4-2-13-26-20)21(25)17-5-7-18(8-6-17)22-27-14-3-15-28-22/h2,4-8,13,19,22H,3,9-12,14-16H2,1H3. The van der Waals surface area contributed by atoms with Gasteiger partial charge in [-0.05, 0) is 80.7 Å². The highest BCUT2D eigenvalue weighted by molar-refractivity contribution is 8.16. The minimum Gasteiger partial charge on any atom is -0.467 e. The van der Waals surface area contributed by atoms with Crippen molar-refractivity contribution in [2.45, 2.75) is 36.4 Å². The van der Waals surface area contributed by atoms with Crippen LogP contribution in [0.15, 0.2) is 47.1 Å². The molecule has 150 valence electrons. The maximum Gasteiger partial charge on any atom is 0.254 e. The Labute approximate surface area is 176 Å². The van der Waals surface area contributed by atoms with E-state index in [-0.39, 0.29) is 11.9 Å². The van der Waals surface area contributed by atoms with Gasteiger partial charge in [0.25, 0.3) is 5.91 Å². The summed E-state index contributed by atoms with van der Waals surface area (Å²) in [5.41, 5.74) is 2.10. The number of hydrogen-bond acceptors (Lipinski definition) is 5. The van der Waals surface area contributed by atoms with E-state index in [0.717, 1.165) is 37.3 Å². The summed E-state index contributed by atoms with van der Waals surface area (Å²) in [7, 11) is 2.15. The summed E-state index contributed by atoms with van der Waals surface area (Å²) >= 11 is 4.03. The number of rotatable bonds is 5. The largest absolute Gasteiger partial charge is 0.467 e. The molecule has 0 atom stereocenters. The lowest BCUT2D eigenvalue weighted by molar-refractivity contribution is 0.0550. The van der Waals surface area contributed by atoms with E-state index in [9.17, 15) is 4.79 Å². The predicted octanol–water partition coefficient (Wildman–Crippen LogP) is 4.88. The van der Waals surface area contributed by atoms with Gasteiger partial charge in [-0.15, -0.1) is 23.5 Å². The smallest absolute Gasteiger partial charge is 0.254 e. The summed E-state index contributed by atoms with van der Waals surface area (Å²) in [6, 6.07) is 12.4. The molecule has 0 N–H and O–H groups in total. The minimum atomic E-state index is 0.112. The molecule has 0 saturated carbocycles. The lowest BCUT2D eigenvalue weighted by Crippen LogP contribution is -2.46. The molecule has 2 saturated heterocycles. The molecule has 4 nitrogen and oxygen atoms in total. The zero-order valence-corrected chi connectivity index (χ0v) is 18.0. The van der Waals surface area contributed by atoms with Gasteiger partial charge in [0.15, 0.2) is 0 Å². The Hall–Kier alpha value is -1.37. The number of benzene rings is 1. The lowest BCUT2D eigenvalue weighted by atomic mass is 10.0. The minimum absolute atomic E-state index is 0.112. The first kappa shape index (κ1) is 19.9. The number of likely N-dealkylation sites (tertiary alicyclic amines) is 1. The summed E-state index contributed by atoms with van der Waals surface area (Å²) in [4.78, 5) is 17.8. The number of furan rings is 1. The number of amides is 1. The van der Waals surface area contributed by atoms with E-state index in [2.05, 4.69) is 24.1 Å². The second-order valence-corrected chi connectivity index (χ2v) is 10.3. The van der Waals surface area contributed by atoms with Gasteiger partial charge in [0.2, 0.25) is 0 Å². The molecule has 1 amide bonds. The number of thioether (sulfide) groups is 2. The molecule has 2 aliphatic rings. The van der Waals surface area contributed by atoms with Gasteiger partial charge in [-0.2, -0.15) is 0 Å². The van der Waals surface area contributed by atoms with Crippen LogP contribution in [0.4, 0.5) is 0 Å². The van der Waals surface area contributed by atoms with E-state index in [4.69, 9.17) is 4.42 Å². The van der Waals surface area contributed by atoms with Crippen LogP contribution in [0.25, 0.3) is 0 Å². The van der Waals surface area contributed by atoms with Crippen molar-refractivity contribution in [1.29, 1.82) is 0 Å². The summed E-state index contributed by atoms with van der Waals surface area (Å²) < 4.78 is 6.06. The highest BCUT2D eigenvalue weighted by Gasteiger charge is 2.28. The highest BCUT2D eigenvalue weighted by atomic mass is 32.2. The molecule has 28 heavy (non-hydrogen) atoms. The first-order valence-electron chi connectivity index (χ1n) is 10.1. The molecule has 1 aromatic carbocycles. The molecule has 1 aromatic heterocycles. The Morgan fingerprint density at radius 3 is 2.50 bits per heavy atom. The SMILES string of the molecule is CN1CCC(N(Cc2ccco2)C(=O)c2ccc(C3SCCCS3)cc2)CC1. The normalized spacial score (nSPS) is 19.6. The average Bonchev–Trinajstić information content (AvgIpc) is 3.26. The van der Waals surface area contributed by atoms with Gasteiger partial charge < -0.3 is 14.2 Å². The van der Waals surface area contributed by atoms with E-state index in [1.807, 2.05) is 52.7 Å². The molecule has 2 fully saturated rings. The molecule has 0 radical (unpaired) electrons.